The van der Waals surface area contributed by atoms with Gasteiger partial charge in [0.25, 0.3) is 0 Å². The highest BCUT2D eigenvalue weighted by Gasteiger charge is 2.45. The number of rotatable bonds is 4. The molecule has 1 aromatic rings. The van der Waals surface area contributed by atoms with E-state index >= 15 is 0 Å². The average Bonchev–Trinajstić information content (AvgIpc) is 2.82. The lowest BCUT2D eigenvalue weighted by molar-refractivity contribution is -0.133. The van der Waals surface area contributed by atoms with Gasteiger partial charge in [-0.05, 0) is 44.6 Å². The summed E-state index contributed by atoms with van der Waals surface area (Å²) < 4.78 is 5.33. The summed E-state index contributed by atoms with van der Waals surface area (Å²) in [6, 6.07) is 2.01. The molecule has 1 aliphatic heterocycles. The molecule has 2 heterocycles. The molecule has 1 saturated carbocycles. The van der Waals surface area contributed by atoms with E-state index in [1.807, 2.05) is 17.9 Å². The molecule has 1 saturated heterocycles. The third kappa shape index (κ3) is 2.39. The van der Waals surface area contributed by atoms with Gasteiger partial charge in [0.15, 0.2) is 5.76 Å². The Bertz CT molecular complexity index is 479. The van der Waals surface area contributed by atoms with Gasteiger partial charge in [-0.15, -0.1) is 0 Å². The lowest BCUT2D eigenvalue weighted by Crippen LogP contribution is -2.33. The van der Waals surface area contributed by atoms with E-state index in [4.69, 9.17) is 10.3 Å². The van der Waals surface area contributed by atoms with Crippen molar-refractivity contribution < 1.29 is 9.32 Å². The fourth-order valence-corrected chi connectivity index (χ4v) is 2.95. The maximum absolute atomic E-state index is 12.5. The molecule has 5 nitrogen and oxygen atoms in total. The fourth-order valence-electron chi connectivity index (χ4n) is 2.95. The molecule has 0 bridgehead atoms. The van der Waals surface area contributed by atoms with Crippen molar-refractivity contribution >= 4 is 5.91 Å². The molecule has 2 fully saturated rings. The molecule has 1 aromatic heterocycles. The van der Waals surface area contributed by atoms with Crippen LogP contribution in [0.25, 0.3) is 0 Å². The summed E-state index contributed by atoms with van der Waals surface area (Å²) in [4.78, 5) is 14.4. The molecular formula is C14H21N3O2. The summed E-state index contributed by atoms with van der Waals surface area (Å²) in [5.74, 6) is 1.04. The molecule has 3 rings (SSSR count). The Morgan fingerprint density at radius 1 is 1.63 bits per heavy atom. The Labute approximate surface area is 113 Å². The quantitative estimate of drug-likeness (QED) is 0.898. The summed E-state index contributed by atoms with van der Waals surface area (Å²) in [6.07, 6.45) is 4.78. The van der Waals surface area contributed by atoms with Crippen molar-refractivity contribution in [1.29, 1.82) is 0 Å². The minimum Gasteiger partial charge on any atom is -0.359 e. The number of amides is 1. The molecular weight excluding hydrogens is 242 g/mol. The van der Waals surface area contributed by atoms with Gasteiger partial charge in [-0.25, -0.2) is 0 Å². The van der Waals surface area contributed by atoms with Crippen LogP contribution in [0.3, 0.4) is 0 Å². The second kappa shape index (κ2) is 4.63. The van der Waals surface area contributed by atoms with Crippen LogP contribution in [0.5, 0.6) is 0 Å². The van der Waals surface area contributed by atoms with E-state index < -0.39 is 0 Å². The predicted molar refractivity (Wildman–Crippen MR) is 70.3 cm³/mol. The number of nitrogens with two attached hydrogens (primary N) is 1. The molecule has 1 unspecified atom stereocenters. The summed E-state index contributed by atoms with van der Waals surface area (Å²) in [6.45, 7) is 3.35. The van der Waals surface area contributed by atoms with E-state index in [1.165, 1.54) is 0 Å². The van der Waals surface area contributed by atoms with E-state index in [0.717, 1.165) is 43.7 Å². The van der Waals surface area contributed by atoms with Gasteiger partial charge in [-0.3, -0.25) is 4.79 Å². The van der Waals surface area contributed by atoms with Gasteiger partial charge in [0, 0.05) is 19.0 Å². The average molecular weight is 263 g/mol. The van der Waals surface area contributed by atoms with Crippen molar-refractivity contribution in [2.75, 3.05) is 13.1 Å². The van der Waals surface area contributed by atoms with Crippen molar-refractivity contribution in [3.63, 3.8) is 0 Å². The second-order valence-corrected chi connectivity index (χ2v) is 6.00. The van der Waals surface area contributed by atoms with Crippen molar-refractivity contribution in [3.8, 4) is 0 Å². The first-order valence-corrected chi connectivity index (χ1v) is 7.06. The van der Waals surface area contributed by atoms with Gasteiger partial charge in [0.05, 0.1) is 11.7 Å². The molecule has 0 radical (unpaired) electrons. The highest BCUT2D eigenvalue weighted by atomic mass is 16.5. The van der Waals surface area contributed by atoms with Crippen molar-refractivity contribution in [2.45, 2.75) is 45.1 Å². The zero-order chi connectivity index (χ0) is 13.5. The van der Waals surface area contributed by atoms with Crippen LogP contribution >= 0.6 is 0 Å². The van der Waals surface area contributed by atoms with E-state index in [2.05, 4.69) is 5.16 Å². The van der Waals surface area contributed by atoms with E-state index in [9.17, 15) is 4.79 Å². The summed E-state index contributed by atoms with van der Waals surface area (Å²) >= 11 is 0. The van der Waals surface area contributed by atoms with Gasteiger partial charge >= 0.3 is 0 Å². The maximum Gasteiger partial charge on any atom is 0.223 e. The predicted octanol–water partition coefficient (Wildman–Crippen LogP) is 1.78. The molecule has 104 valence electrons. The minimum absolute atomic E-state index is 0.0716. The van der Waals surface area contributed by atoms with Gasteiger partial charge in [-0.1, -0.05) is 5.16 Å². The number of carbonyl (C=O) groups is 1. The van der Waals surface area contributed by atoms with E-state index in [0.29, 0.717) is 13.0 Å². The summed E-state index contributed by atoms with van der Waals surface area (Å²) in [5, 5.41) is 3.93. The highest BCUT2D eigenvalue weighted by molar-refractivity contribution is 5.78. The number of likely N-dealkylation sites (tertiary alicyclic amines) is 1. The molecule has 0 aromatic carbocycles. The van der Waals surface area contributed by atoms with Gasteiger partial charge in [0.2, 0.25) is 5.91 Å². The van der Waals surface area contributed by atoms with Crippen molar-refractivity contribution in [3.05, 3.63) is 17.5 Å². The standard InChI is InChI=1S/C14H21N3O2/c1-10-7-12(19-16-10)11-3-2-6-17(11)13(18)8-14(9-15)4-5-14/h7,11H,2-6,8-9,15H2,1H3. The highest BCUT2D eigenvalue weighted by Crippen LogP contribution is 2.48. The van der Waals surface area contributed by atoms with Crippen LogP contribution in [0.4, 0.5) is 0 Å². The zero-order valence-electron chi connectivity index (χ0n) is 11.4. The van der Waals surface area contributed by atoms with Crippen LogP contribution < -0.4 is 5.73 Å². The number of hydrogen-bond acceptors (Lipinski definition) is 4. The fraction of sp³-hybridized carbons (Fsp3) is 0.714. The largest absolute Gasteiger partial charge is 0.359 e. The third-order valence-corrected chi connectivity index (χ3v) is 4.46. The topological polar surface area (TPSA) is 72.4 Å². The Morgan fingerprint density at radius 3 is 3.00 bits per heavy atom. The number of aromatic nitrogens is 1. The number of carbonyl (C=O) groups excluding carboxylic acids is 1. The van der Waals surface area contributed by atoms with Gasteiger partial charge < -0.3 is 15.2 Å². The normalized spacial score (nSPS) is 24.7. The summed E-state index contributed by atoms with van der Waals surface area (Å²) in [5.41, 5.74) is 6.73. The lowest BCUT2D eigenvalue weighted by atomic mass is 10.0. The van der Waals surface area contributed by atoms with E-state index in [-0.39, 0.29) is 17.4 Å². The van der Waals surface area contributed by atoms with Crippen LogP contribution in [0.1, 0.15) is 49.6 Å². The van der Waals surface area contributed by atoms with Gasteiger partial charge in [-0.2, -0.15) is 0 Å². The minimum atomic E-state index is 0.0716. The van der Waals surface area contributed by atoms with Crippen LogP contribution in [0.2, 0.25) is 0 Å². The third-order valence-electron chi connectivity index (χ3n) is 4.46. The van der Waals surface area contributed by atoms with Crippen molar-refractivity contribution in [1.82, 2.24) is 10.1 Å². The Balaban J connectivity index is 1.71. The molecule has 1 atom stereocenters. The Hall–Kier alpha value is -1.36. The molecule has 5 heteroatoms. The zero-order valence-corrected chi connectivity index (χ0v) is 11.4. The van der Waals surface area contributed by atoms with Crippen LogP contribution in [0, 0.1) is 12.3 Å². The lowest BCUT2D eigenvalue weighted by Gasteiger charge is -2.24. The molecule has 2 N–H and O–H groups in total. The van der Waals surface area contributed by atoms with Crippen molar-refractivity contribution in [2.24, 2.45) is 11.1 Å². The summed E-state index contributed by atoms with van der Waals surface area (Å²) in [7, 11) is 0. The number of hydrogen-bond donors (Lipinski definition) is 1. The molecule has 2 aliphatic rings. The first-order valence-electron chi connectivity index (χ1n) is 7.06. The van der Waals surface area contributed by atoms with E-state index in [1.54, 1.807) is 0 Å². The number of aryl methyl sites for hydroxylation is 1. The molecule has 19 heavy (non-hydrogen) atoms. The Morgan fingerprint density at radius 2 is 2.42 bits per heavy atom. The second-order valence-electron chi connectivity index (χ2n) is 6.00. The Kier molecular flexibility index (Phi) is 3.09. The van der Waals surface area contributed by atoms with Crippen LogP contribution in [-0.4, -0.2) is 29.1 Å². The first-order chi connectivity index (χ1) is 9.13. The van der Waals surface area contributed by atoms with Crippen LogP contribution in [-0.2, 0) is 4.79 Å². The maximum atomic E-state index is 12.5. The molecule has 1 aliphatic carbocycles. The number of nitrogens with zero attached hydrogens (tertiary/aromatic N) is 2. The first kappa shape index (κ1) is 12.7. The molecule has 1 amide bonds. The van der Waals surface area contributed by atoms with Gasteiger partial charge in [0.1, 0.15) is 0 Å². The SMILES string of the molecule is Cc1cc(C2CCCN2C(=O)CC2(CN)CC2)on1. The monoisotopic (exact) mass is 263 g/mol. The smallest absolute Gasteiger partial charge is 0.223 e. The van der Waals surface area contributed by atoms with Crippen LogP contribution in [0.15, 0.2) is 10.6 Å². The molecule has 0 spiro atoms.